The molecule has 4 aromatic heterocycles. The van der Waals surface area contributed by atoms with Crippen LogP contribution in [0.4, 0.5) is 17.6 Å². The van der Waals surface area contributed by atoms with Gasteiger partial charge in [0, 0.05) is 49.9 Å². The Balaban J connectivity index is 1.42. The number of nitrogens with zero attached hydrogens (tertiary/aromatic N) is 7. The lowest BCUT2D eigenvalue weighted by molar-refractivity contribution is 0.143. The molecule has 4 aromatic rings. The van der Waals surface area contributed by atoms with Gasteiger partial charge in [-0.1, -0.05) is 12.1 Å². The average Bonchev–Trinajstić information content (AvgIpc) is 3.65. The first-order valence-corrected chi connectivity index (χ1v) is 11.6. The fourth-order valence-electron chi connectivity index (χ4n) is 3.93. The molecule has 0 saturated carbocycles. The molecule has 1 fully saturated rings. The van der Waals surface area contributed by atoms with E-state index in [4.69, 9.17) is 19.0 Å². The summed E-state index contributed by atoms with van der Waals surface area (Å²) in [6.07, 6.45) is 6.06. The van der Waals surface area contributed by atoms with Crippen molar-refractivity contribution in [3.05, 3.63) is 48.1 Å². The molecule has 0 aromatic carbocycles. The summed E-state index contributed by atoms with van der Waals surface area (Å²) in [4.78, 5) is 20.1. The number of nitrogens with one attached hydrogen (secondary N) is 2. The lowest BCUT2D eigenvalue weighted by Gasteiger charge is -2.23. The Hall–Kier alpha value is -4.06. The van der Waals surface area contributed by atoms with Gasteiger partial charge in [0.15, 0.2) is 23.1 Å². The Bertz CT molecular complexity index is 1240. The van der Waals surface area contributed by atoms with Crippen molar-refractivity contribution in [3.63, 3.8) is 0 Å². The fourth-order valence-corrected chi connectivity index (χ4v) is 3.93. The van der Waals surface area contributed by atoms with Crippen LogP contribution < -0.4 is 15.0 Å². The highest BCUT2D eigenvalue weighted by Crippen LogP contribution is 2.37. The minimum Gasteiger partial charge on any atom is -0.475 e. The van der Waals surface area contributed by atoms with Crippen LogP contribution in [0.5, 0.6) is 5.88 Å². The molecule has 0 aliphatic carbocycles. The number of rotatable bonds is 10. The minimum absolute atomic E-state index is 0.0703. The average molecular weight is 478 g/mol. The molecule has 1 aliphatic rings. The van der Waals surface area contributed by atoms with Crippen LogP contribution >= 0.6 is 0 Å². The first-order chi connectivity index (χ1) is 17.2. The minimum atomic E-state index is -0.0703. The van der Waals surface area contributed by atoms with Gasteiger partial charge in [-0.05, 0) is 25.3 Å². The zero-order valence-corrected chi connectivity index (χ0v) is 19.6. The molecule has 35 heavy (non-hydrogen) atoms. The Morgan fingerprint density at radius 3 is 2.83 bits per heavy atom. The third-order valence-electron chi connectivity index (χ3n) is 5.66. The molecule has 1 saturated heterocycles. The molecule has 0 unspecified atom stereocenters. The van der Waals surface area contributed by atoms with Crippen LogP contribution in [0.2, 0.25) is 0 Å². The standard InChI is InChI=1S/C23H27N9O3/c1-3-15-12-20(30-29-15)26-19-14-21(34-11-10-33-2)28-23(27-19)32-9-4-6-17(32)18-13-16(31-35-18)22-24-7-5-8-25-22/h5,7-8,12-14,17H,3-4,6,9-11H2,1-2H3,(H2,26,27,28,29,30)/t17-/m0/s1. The molecule has 12 heteroatoms. The van der Waals surface area contributed by atoms with E-state index in [2.05, 4.69) is 47.4 Å². The zero-order chi connectivity index (χ0) is 24.0. The molecule has 2 N–H and O–H groups in total. The maximum absolute atomic E-state index is 5.83. The van der Waals surface area contributed by atoms with Gasteiger partial charge in [-0.3, -0.25) is 5.10 Å². The maximum Gasteiger partial charge on any atom is 0.231 e. The second kappa shape index (κ2) is 10.5. The number of ether oxygens (including phenoxy) is 2. The topological polar surface area (TPSA) is 140 Å². The highest BCUT2D eigenvalue weighted by atomic mass is 16.5. The number of aromatic nitrogens is 7. The van der Waals surface area contributed by atoms with E-state index < -0.39 is 0 Å². The molecule has 0 bridgehead atoms. The van der Waals surface area contributed by atoms with E-state index in [-0.39, 0.29) is 6.04 Å². The van der Waals surface area contributed by atoms with Crippen molar-refractivity contribution in [2.45, 2.75) is 32.2 Å². The summed E-state index contributed by atoms with van der Waals surface area (Å²) in [6.45, 7) is 3.66. The van der Waals surface area contributed by atoms with Crippen LogP contribution in [0.15, 0.2) is 41.2 Å². The summed E-state index contributed by atoms with van der Waals surface area (Å²) in [5.74, 6) is 3.48. The number of methoxy groups -OCH3 is 1. The summed E-state index contributed by atoms with van der Waals surface area (Å²) in [6, 6.07) is 7.28. The van der Waals surface area contributed by atoms with Gasteiger partial charge in [-0.15, -0.1) is 0 Å². The van der Waals surface area contributed by atoms with Crippen LogP contribution in [-0.4, -0.2) is 62.2 Å². The van der Waals surface area contributed by atoms with Crippen molar-refractivity contribution in [3.8, 4) is 17.4 Å². The van der Waals surface area contributed by atoms with Crippen molar-refractivity contribution in [2.75, 3.05) is 37.1 Å². The first-order valence-electron chi connectivity index (χ1n) is 11.6. The van der Waals surface area contributed by atoms with Gasteiger partial charge in [0.2, 0.25) is 11.8 Å². The third kappa shape index (κ3) is 5.22. The zero-order valence-electron chi connectivity index (χ0n) is 19.6. The second-order valence-corrected chi connectivity index (χ2v) is 8.03. The molecule has 1 aliphatic heterocycles. The predicted molar refractivity (Wildman–Crippen MR) is 128 cm³/mol. The van der Waals surface area contributed by atoms with E-state index in [1.807, 2.05) is 12.1 Å². The van der Waals surface area contributed by atoms with Crippen molar-refractivity contribution in [2.24, 2.45) is 0 Å². The SMILES string of the molecule is CCc1cc(Nc2cc(OCCOC)nc(N3CCC[C@H]3c3cc(-c4ncccn4)no3)n2)n[nH]1. The van der Waals surface area contributed by atoms with Gasteiger partial charge in [0.05, 0.1) is 12.6 Å². The Morgan fingerprint density at radius 1 is 1.14 bits per heavy atom. The normalized spacial score (nSPS) is 15.5. The summed E-state index contributed by atoms with van der Waals surface area (Å²) in [5, 5.41) is 14.7. The molecular weight excluding hydrogens is 450 g/mol. The lowest BCUT2D eigenvalue weighted by Crippen LogP contribution is -2.25. The summed E-state index contributed by atoms with van der Waals surface area (Å²) < 4.78 is 16.6. The predicted octanol–water partition coefficient (Wildman–Crippen LogP) is 3.32. The molecule has 0 amide bonds. The molecule has 5 rings (SSSR count). The maximum atomic E-state index is 5.83. The quantitative estimate of drug-likeness (QED) is 0.325. The third-order valence-corrected chi connectivity index (χ3v) is 5.66. The van der Waals surface area contributed by atoms with Gasteiger partial charge in [0.25, 0.3) is 0 Å². The molecule has 12 nitrogen and oxygen atoms in total. The van der Waals surface area contributed by atoms with E-state index in [0.717, 1.165) is 31.5 Å². The van der Waals surface area contributed by atoms with Crippen LogP contribution in [-0.2, 0) is 11.2 Å². The molecule has 0 spiro atoms. The number of hydrogen-bond donors (Lipinski definition) is 2. The van der Waals surface area contributed by atoms with Crippen molar-refractivity contribution < 1.29 is 14.0 Å². The number of H-pyrrole nitrogens is 1. The van der Waals surface area contributed by atoms with Crippen LogP contribution in [0.25, 0.3) is 11.5 Å². The van der Waals surface area contributed by atoms with Crippen molar-refractivity contribution in [1.29, 1.82) is 0 Å². The van der Waals surface area contributed by atoms with E-state index in [1.54, 1.807) is 31.6 Å². The first kappa shape index (κ1) is 22.7. The van der Waals surface area contributed by atoms with E-state index in [0.29, 0.717) is 54.0 Å². The molecule has 5 heterocycles. The van der Waals surface area contributed by atoms with Crippen molar-refractivity contribution in [1.82, 2.24) is 35.3 Å². The van der Waals surface area contributed by atoms with Crippen LogP contribution in [0, 0.1) is 0 Å². The van der Waals surface area contributed by atoms with Crippen molar-refractivity contribution >= 4 is 17.6 Å². The summed E-state index contributed by atoms with van der Waals surface area (Å²) in [7, 11) is 1.63. The molecular formula is C23H27N9O3. The molecule has 0 radical (unpaired) electrons. The van der Waals surface area contributed by atoms with Crippen LogP contribution in [0.3, 0.4) is 0 Å². The number of aryl methyl sites for hydroxylation is 1. The van der Waals surface area contributed by atoms with Gasteiger partial charge in [-0.25, -0.2) is 9.97 Å². The Morgan fingerprint density at radius 2 is 2.03 bits per heavy atom. The Labute approximate surface area is 202 Å². The monoisotopic (exact) mass is 477 g/mol. The smallest absolute Gasteiger partial charge is 0.231 e. The van der Waals surface area contributed by atoms with E-state index in [9.17, 15) is 0 Å². The molecule has 1 atom stereocenters. The fraction of sp³-hybridized carbons (Fsp3) is 0.391. The number of anilines is 3. The lowest BCUT2D eigenvalue weighted by atomic mass is 10.1. The second-order valence-electron chi connectivity index (χ2n) is 8.03. The van der Waals surface area contributed by atoms with E-state index in [1.165, 1.54) is 0 Å². The number of aromatic amines is 1. The van der Waals surface area contributed by atoms with Gasteiger partial charge < -0.3 is 24.2 Å². The largest absolute Gasteiger partial charge is 0.475 e. The Kier molecular flexibility index (Phi) is 6.80. The summed E-state index contributed by atoms with van der Waals surface area (Å²) in [5.41, 5.74) is 1.62. The highest BCUT2D eigenvalue weighted by Gasteiger charge is 2.32. The molecule has 182 valence electrons. The summed E-state index contributed by atoms with van der Waals surface area (Å²) >= 11 is 0. The van der Waals surface area contributed by atoms with E-state index >= 15 is 0 Å². The number of hydrogen-bond acceptors (Lipinski definition) is 11. The van der Waals surface area contributed by atoms with Gasteiger partial charge in [0.1, 0.15) is 12.4 Å². The van der Waals surface area contributed by atoms with Crippen LogP contribution in [0.1, 0.15) is 37.3 Å². The van der Waals surface area contributed by atoms with Gasteiger partial charge in [-0.2, -0.15) is 15.1 Å². The van der Waals surface area contributed by atoms with Gasteiger partial charge >= 0.3 is 0 Å². The highest BCUT2D eigenvalue weighted by molar-refractivity contribution is 5.56.